The number of anilines is 2. The predicted octanol–water partition coefficient (Wildman–Crippen LogP) is 4.26. The van der Waals surface area contributed by atoms with E-state index in [9.17, 15) is 9.18 Å². The van der Waals surface area contributed by atoms with E-state index in [2.05, 4.69) is 15.2 Å². The highest BCUT2D eigenvalue weighted by molar-refractivity contribution is 5.89. The maximum Gasteiger partial charge on any atom is 0.321 e. The van der Waals surface area contributed by atoms with Crippen LogP contribution in [0.4, 0.5) is 20.7 Å². The predicted molar refractivity (Wildman–Crippen MR) is 123 cm³/mol. The lowest BCUT2D eigenvalue weighted by Gasteiger charge is -2.36. The first-order valence-corrected chi connectivity index (χ1v) is 10.5. The standard InChI is InChI=1S/C24H26FN5O2/c1-16-17(2)26-22(18-5-4-6-19(25)15-18)28-23(16)29-11-13-30(14-12-29)24(31)27-20-7-9-21(32-3)10-8-20/h4-10,15H,11-14H2,1-3H3,(H,27,31). The first-order valence-electron chi connectivity index (χ1n) is 10.5. The molecule has 2 amide bonds. The third-order valence-corrected chi connectivity index (χ3v) is 5.65. The first kappa shape index (κ1) is 21.5. The second-order valence-corrected chi connectivity index (χ2v) is 7.72. The number of carbonyl (C=O) groups excluding carboxylic acids is 1. The molecule has 32 heavy (non-hydrogen) atoms. The van der Waals surface area contributed by atoms with Crippen LogP contribution in [0.15, 0.2) is 48.5 Å². The lowest BCUT2D eigenvalue weighted by molar-refractivity contribution is 0.208. The number of methoxy groups -OCH3 is 1. The van der Waals surface area contributed by atoms with Crippen LogP contribution in [0, 0.1) is 19.7 Å². The number of rotatable bonds is 4. The Morgan fingerprint density at radius 2 is 1.75 bits per heavy atom. The molecule has 1 N–H and O–H groups in total. The zero-order valence-electron chi connectivity index (χ0n) is 18.4. The van der Waals surface area contributed by atoms with E-state index < -0.39 is 0 Å². The van der Waals surface area contributed by atoms with E-state index in [1.807, 2.05) is 38.1 Å². The van der Waals surface area contributed by atoms with Crippen molar-refractivity contribution in [3.8, 4) is 17.1 Å². The van der Waals surface area contributed by atoms with E-state index in [4.69, 9.17) is 9.72 Å². The molecular weight excluding hydrogens is 409 g/mol. The molecule has 1 aromatic heterocycles. The molecule has 8 heteroatoms. The van der Waals surface area contributed by atoms with Crippen LogP contribution in [0.1, 0.15) is 11.3 Å². The van der Waals surface area contributed by atoms with Gasteiger partial charge in [0.05, 0.1) is 7.11 Å². The minimum atomic E-state index is -0.317. The molecule has 1 fully saturated rings. The summed E-state index contributed by atoms with van der Waals surface area (Å²) in [6.07, 6.45) is 0. The van der Waals surface area contributed by atoms with Crippen LogP contribution < -0.4 is 15.0 Å². The smallest absolute Gasteiger partial charge is 0.321 e. The summed E-state index contributed by atoms with van der Waals surface area (Å²) in [5.41, 5.74) is 3.21. The van der Waals surface area contributed by atoms with Crippen molar-refractivity contribution in [2.75, 3.05) is 43.5 Å². The molecule has 7 nitrogen and oxygen atoms in total. The highest BCUT2D eigenvalue weighted by Crippen LogP contribution is 2.26. The third kappa shape index (κ3) is 4.64. The number of piperazine rings is 1. The number of halogens is 1. The number of hydrogen-bond donors (Lipinski definition) is 1. The average molecular weight is 436 g/mol. The van der Waals surface area contributed by atoms with E-state index in [0.29, 0.717) is 37.6 Å². The van der Waals surface area contributed by atoms with E-state index in [1.54, 1.807) is 24.1 Å². The van der Waals surface area contributed by atoms with E-state index >= 15 is 0 Å². The van der Waals surface area contributed by atoms with E-state index in [0.717, 1.165) is 28.5 Å². The fourth-order valence-corrected chi connectivity index (χ4v) is 3.68. The minimum absolute atomic E-state index is 0.133. The number of urea groups is 1. The van der Waals surface area contributed by atoms with Crippen LogP contribution in [0.25, 0.3) is 11.4 Å². The van der Waals surface area contributed by atoms with Crippen LogP contribution in [0.3, 0.4) is 0 Å². The Kier molecular flexibility index (Phi) is 6.20. The topological polar surface area (TPSA) is 70.6 Å². The monoisotopic (exact) mass is 435 g/mol. The molecule has 1 aliphatic heterocycles. The summed E-state index contributed by atoms with van der Waals surface area (Å²) in [7, 11) is 1.61. The van der Waals surface area contributed by atoms with Crippen LogP contribution in [0.5, 0.6) is 5.75 Å². The number of nitrogens with one attached hydrogen (secondary N) is 1. The Hall–Kier alpha value is -3.68. The number of ether oxygens (including phenoxy) is 1. The molecule has 0 bridgehead atoms. The molecule has 2 aromatic carbocycles. The Morgan fingerprint density at radius 3 is 2.41 bits per heavy atom. The van der Waals surface area contributed by atoms with E-state index in [1.165, 1.54) is 12.1 Å². The molecule has 166 valence electrons. The summed E-state index contributed by atoms with van der Waals surface area (Å²) < 4.78 is 18.8. The van der Waals surface area contributed by atoms with Gasteiger partial charge >= 0.3 is 6.03 Å². The van der Waals surface area contributed by atoms with Crippen molar-refractivity contribution in [3.05, 3.63) is 65.6 Å². The van der Waals surface area contributed by atoms with Gasteiger partial charge in [0.25, 0.3) is 0 Å². The SMILES string of the molecule is COc1ccc(NC(=O)N2CCN(c3nc(-c4cccc(F)c4)nc(C)c3C)CC2)cc1. The largest absolute Gasteiger partial charge is 0.497 e. The summed E-state index contributed by atoms with van der Waals surface area (Å²) in [6, 6.07) is 13.4. The Bertz CT molecular complexity index is 1110. The second kappa shape index (κ2) is 9.21. The molecular formula is C24H26FN5O2. The van der Waals surface area contributed by atoms with Crippen LogP contribution in [-0.2, 0) is 0 Å². The minimum Gasteiger partial charge on any atom is -0.497 e. The summed E-state index contributed by atoms with van der Waals surface area (Å²) in [6.45, 7) is 6.36. The van der Waals surface area contributed by atoms with Gasteiger partial charge in [-0.1, -0.05) is 12.1 Å². The van der Waals surface area contributed by atoms with Gasteiger partial charge in [-0.15, -0.1) is 0 Å². The Labute approximate surface area is 186 Å². The maximum absolute atomic E-state index is 13.7. The van der Waals surface area contributed by atoms with Gasteiger partial charge in [0.2, 0.25) is 0 Å². The third-order valence-electron chi connectivity index (χ3n) is 5.65. The number of carbonyl (C=O) groups is 1. The van der Waals surface area contributed by atoms with Crippen LogP contribution in [0.2, 0.25) is 0 Å². The molecule has 0 spiro atoms. The summed E-state index contributed by atoms with van der Waals surface area (Å²) in [4.78, 5) is 25.9. The molecule has 3 aromatic rings. The van der Waals surface area contributed by atoms with Crippen molar-refractivity contribution in [2.45, 2.75) is 13.8 Å². The summed E-state index contributed by atoms with van der Waals surface area (Å²) in [5.74, 6) is 1.75. The maximum atomic E-state index is 13.7. The number of hydrogen-bond acceptors (Lipinski definition) is 5. The van der Waals surface area contributed by atoms with Gasteiger partial charge in [0.1, 0.15) is 17.4 Å². The van der Waals surface area contributed by atoms with Gasteiger partial charge < -0.3 is 19.9 Å². The van der Waals surface area contributed by atoms with Gasteiger partial charge in [0.15, 0.2) is 5.82 Å². The highest BCUT2D eigenvalue weighted by atomic mass is 19.1. The normalized spacial score (nSPS) is 13.8. The molecule has 0 saturated carbocycles. The fourth-order valence-electron chi connectivity index (χ4n) is 3.68. The molecule has 0 unspecified atom stereocenters. The summed E-state index contributed by atoms with van der Waals surface area (Å²) in [5, 5.41) is 2.93. The first-order chi connectivity index (χ1) is 15.4. The van der Waals surface area contributed by atoms with Crippen LogP contribution in [-0.4, -0.2) is 54.2 Å². The quantitative estimate of drug-likeness (QED) is 0.663. The Balaban J connectivity index is 1.45. The number of aryl methyl sites for hydroxylation is 1. The van der Waals surface area contributed by atoms with Crippen molar-refractivity contribution in [3.63, 3.8) is 0 Å². The van der Waals surface area contributed by atoms with Gasteiger partial charge in [-0.25, -0.2) is 19.2 Å². The van der Waals surface area contributed by atoms with Gasteiger partial charge in [-0.2, -0.15) is 0 Å². The fraction of sp³-hybridized carbons (Fsp3) is 0.292. The molecule has 0 radical (unpaired) electrons. The Morgan fingerprint density at radius 1 is 1.03 bits per heavy atom. The lowest BCUT2D eigenvalue weighted by Crippen LogP contribution is -2.50. The van der Waals surface area contributed by atoms with Gasteiger partial charge in [-0.3, -0.25) is 0 Å². The number of amides is 2. The van der Waals surface area contributed by atoms with Gasteiger partial charge in [0, 0.05) is 48.7 Å². The number of aromatic nitrogens is 2. The summed E-state index contributed by atoms with van der Waals surface area (Å²) >= 11 is 0. The number of benzene rings is 2. The average Bonchev–Trinajstić information content (AvgIpc) is 2.81. The van der Waals surface area contributed by atoms with Crippen molar-refractivity contribution in [1.82, 2.24) is 14.9 Å². The zero-order valence-corrected chi connectivity index (χ0v) is 18.4. The van der Waals surface area contributed by atoms with Crippen molar-refractivity contribution < 1.29 is 13.9 Å². The van der Waals surface area contributed by atoms with E-state index in [-0.39, 0.29) is 11.8 Å². The molecule has 0 aliphatic carbocycles. The van der Waals surface area contributed by atoms with Crippen molar-refractivity contribution >= 4 is 17.5 Å². The number of nitrogens with zero attached hydrogens (tertiary/aromatic N) is 4. The van der Waals surface area contributed by atoms with Crippen LogP contribution >= 0.6 is 0 Å². The molecule has 1 saturated heterocycles. The molecule has 1 aliphatic rings. The highest BCUT2D eigenvalue weighted by Gasteiger charge is 2.24. The zero-order chi connectivity index (χ0) is 22.7. The molecule has 4 rings (SSSR count). The van der Waals surface area contributed by atoms with Crippen molar-refractivity contribution in [2.24, 2.45) is 0 Å². The second-order valence-electron chi connectivity index (χ2n) is 7.72. The molecule has 2 heterocycles. The molecule has 0 atom stereocenters. The van der Waals surface area contributed by atoms with Gasteiger partial charge in [-0.05, 0) is 50.2 Å². The lowest BCUT2D eigenvalue weighted by atomic mass is 10.1. The van der Waals surface area contributed by atoms with Crippen molar-refractivity contribution in [1.29, 1.82) is 0 Å².